The topological polar surface area (TPSA) is 59.7 Å². The number of allylic oxidation sites excluding steroid dienone is 6. The Labute approximate surface area is 93.2 Å². The van der Waals surface area contributed by atoms with Crippen molar-refractivity contribution in [2.24, 2.45) is 0 Å². The van der Waals surface area contributed by atoms with Crippen molar-refractivity contribution in [2.45, 2.75) is 6.42 Å². The van der Waals surface area contributed by atoms with E-state index in [-0.39, 0.29) is 17.1 Å². The van der Waals surface area contributed by atoms with Crippen LogP contribution in [0.15, 0.2) is 35.5 Å². The maximum atomic E-state index is 7.50. The van der Waals surface area contributed by atoms with Gasteiger partial charge in [0, 0.05) is 17.1 Å². The molecule has 0 aliphatic heterocycles. The Morgan fingerprint density at radius 2 is 1.36 bits per heavy atom. The van der Waals surface area contributed by atoms with Crippen LogP contribution in [0.3, 0.4) is 0 Å². The van der Waals surface area contributed by atoms with Crippen LogP contribution < -0.4 is 0 Å². The van der Waals surface area contributed by atoms with Gasteiger partial charge < -0.3 is 0 Å². The van der Waals surface area contributed by atoms with Crippen molar-refractivity contribution in [1.29, 1.82) is 0 Å². The van der Waals surface area contributed by atoms with Crippen molar-refractivity contribution >= 4 is 0 Å². The van der Waals surface area contributed by atoms with E-state index < -0.39 is 0 Å². The van der Waals surface area contributed by atoms with E-state index in [4.69, 9.17) is 14.0 Å². The Morgan fingerprint density at radius 1 is 0.857 bits per heavy atom. The van der Waals surface area contributed by atoms with Crippen molar-refractivity contribution in [3.8, 4) is 0 Å². The van der Waals surface area contributed by atoms with Crippen LogP contribution in [-0.2, 0) is 31.0 Å². The Morgan fingerprint density at radius 3 is 1.50 bits per heavy atom. The second kappa shape index (κ2) is 14.5. The number of hydrogen-bond donors (Lipinski definition) is 0. The summed E-state index contributed by atoms with van der Waals surface area (Å²) in [6.07, 6.45) is 9.88. The van der Waals surface area contributed by atoms with E-state index in [9.17, 15) is 0 Å². The molecule has 2 aliphatic carbocycles. The zero-order valence-corrected chi connectivity index (χ0v) is 8.20. The summed E-state index contributed by atoms with van der Waals surface area (Å²) in [5.74, 6) is 0. The van der Waals surface area contributed by atoms with Crippen LogP contribution >= 0.6 is 0 Å². The summed E-state index contributed by atoms with van der Waals surface area (Å²) in [7, 11) is 0. The number of rotatable bonds is 0. The molecule has 0 aromatic carbocycles. The maximum absolute atomic E-state index is 7.50. The molecule has 72 valence electrons. The van der Waals surface area contributed by atoms with Gasteiger partial charge in [0.1, 0.15) is 0 Å². The largest absolute Gasteiger partial charge is 0 e. The first kappa shape index (κ1) is 18.7. The monoisotopic (exact) mass is 230 g/mol. The molecule has 0 saturated carbocycles. The van der Waals surface area contributed by atoms with Crippen molar-refractivity contribution in [1.82, 2.24) is 0 Å². The molecule has 0 heterocycles. The van der Waals surface area contributed by atoms with Gasteiger partial charge in [-0.25, -0.2) is 0 Å². The first-order valence-electron chi connectivity index (χ1n) is 3.16. The minimum Gasteiger partial charge on any atom is 0 e. The van der Waals surface area contributed by atoms with Gasteiger partial charge >= 0.3 is 33.9 Å². The summed E-state index contributed by atoms with van der Waals surface area (Å²) >= 11 is 0. The summed E-state index contributed by atoms with van der Waals surface area (Å²) in [6, 6.07) is 0. The molecular formula is C10H6FeO3. The predicted octanol–water partition coefficient (Wildman–Crippen LogP) is 1.70. The molecule has 14 heavy (non-hydrogen) atoms. The normalized spacial score (nSPS) is 11.9. The first-order valence-corrected chi connectivity index (χ1v) is 3.16. The van der Waals surface area contributed by atoms with Gasteiger partial charge in [-0.3, -0.25) is 0 Å². The predicted molar refractivity (Wildman–Crippen MR) is 41.7 cm³/mol. The van der Waals surface area contributed by atoms with E-state index in [1.165, 1.54) is 17.6 Å². The minimum absolute atomic E-state index is 0. The molecule has 0 fully saturated rings. The Kier molecular flexibility index (Phi) is 19.3. The zero-order valence-electron chi connectivity index (χ0n) is 7.09. The van der Waals surface area contributed by atoms with Crippen LogP contribution in [0.25, 0.3) is 0 Å². The fourth-order valence-electron chi connectivity index (χ4n) is 0.959. The van der Waals surface area contributed by atoms with E-state index in [0.717, 1.165) is 0 Å². The van der Waals surface area contributed by atoms with E-state index in [0.29, 0.717) is 0 Å². The van der Waals surface area contributed by atoms with E-state index >= 15 is 0 Å². The Balaban J connectivity index is -0.000000153. The van der Waals surface area contributed by atoms with Gasteiger partial charge in [-0.2, -0.15) is 0 Å². The fourth-order valence-corrected chi connectivity index (χ4v) is 0.959. The average molecular weight is 230 g/mol. The fraction of sp³-hybridized carbons (Fsp3) is 0.100. The maximum Gasteiger partial charge on any atom is 0 e. The molecule has 0 atom stereocenters. The van der Waals surface area contributed by atoms with Crippen molar-refractivity contribution in [2.75, 3.05) is 0 Å². The molecule has 0 amide bonds. The summed E-state index contributed by atoms with van der Waals surface area (Å²) in [5, 5.41) is 0. The molecule has 0 aromatic heterocycles. The SMILES string of the molecule is C1=CC2=C(C=C2)C1.[C-]#[O+].[C-]#[O+].[C-]#[O+].[Fe]. The molecule has 2 rings (SSSR count). The van der Waals surface area contributed by atoms with Crippen molar-refractivity contribution in [3.05, 3.63) is 55.4 Å². The minimum atomic E-state index is 0. The molecule has 0 saturated heterocycles. The molecule has 0 bridgehead atoms. The van der Waals surface area contributed by atoms with Crippen molar-refractivity contribution in [3.63, 3.8) is 0 Å². The summed E-state index contributed by atoms with van der Waals surface area (Å²) in [5.41, 5.74) is 2.96. The standard InChI is InChI=1S/C7H6.3CO.Fe/c1-2-6-4-5-7(6)3-1;3*1-2;/h1-2,4-5H,3H2;;;;. The van der Waals surface area contributed by atoms with Gasteiger partial charge in [-0.15, -0.1) is 0 Å². The van der Waals surface area contributed by atoms with Gasteiger partial charge in [-0.1, -0.05) is 24.3 Å². The van der Waals surface area contributed by atoms with Crippen LogP contribution in [0, 0.1) is 20.0 Å². The molecular weight excluding hydrogens is 224 g/mol. The van der Waals surface area contributed by atoms with Gasteiger partial charge in [0.2, 0.25) is 0 Å². The van der Waals surface area contributed by atoms with Crippen LogP contribution in [0.1, 0.15) is 6.42 Å². The zero-order chi connectivity index (χ0) is 10.7. The molecule has 2 aliphatic rings. The molecule has 0 N–H and O–H groups in total. The van der Waals surface area contributed by atoms with Gasteiger partial charge in [-0.05, 0) is 17.6 Å². The average Bonchev–Trinajstić information content (AvgIpc) is 2.55. The third kappa shape index (κ3) is 5.58. The second-order valence-corrected chi connectivity index (χ2v) is 1.92. The van der Waals surface area contributed by atoms with Gasteiger partial charge in [0.25, 0.3) is 0 Å². The Hall–Kier alpha value is -1.04. The third-order valence-electron chi connectivity index (χ3n) is 1.47. The van der Waals surface area contributed by atoms with Crippen LogP contribution in [-0.4, -0.2) is 0 Å². The quantitative estimate of drug-likeness (QED) is 0.345. The van der Waals surface area contributed by atoms with Crippen LogP contribution in [0.4, 0.5) is 0 Å². The Bertz CT molecular complexity index is 278. The van der Waals surface area contributed by atoms with Crippen molar-refractivity contribution < 1.29 is 31.0 Å². The van der Waals surface area contributed by atoms with E-state index in [1.54, 1.807) is 0 Å². The summed E-state index contributed by atoms with van der Waals surface area (Å²) in [4.78, 5) is 0. The van der Waals surface area contributed by atoms with Crippen LogP contribution in [0.2, 0.25) is 0 Å². The van der Waals surface area contributed by atoms with Gasteiger partial charge in [0.05, 0.1) is 0 Å². The first-order chi connectivity index (χ1) is 6.47. The third-order valence-corrected chi connectivity index (χ3v) is 1.47. The van der Waals surface area contributed by atoms with Gasteiger partial charge in [0.15, 0.2) is 0 Å². The summed E-state index contributed by atoms with van der Waals surface area (Å²) in [6.45, 7) is 13.5. The summed E-state index contributed by atoms with van der Waals surface area (Å²) < 4.78 is 22.5. The van der Waals surface area contributed by atoms with Crippen LogP contribution in [0.5, 0.6) is 0 Å². The van der Waals surface area contributed by atoms with E-state index in [1.807, 2.05) is 0 Å². The molecule has 0 aromatic rings. The smallest absolute Gasteiger partial charge is 0 e. The second-order valence-electron chi connectivity index (χ2n) is 1.92. The van der Waals surface area contributed by atoms with E-state index in [2.05, 4.69) is 44.3 Å². The molecule has 0 radical (unpaired) electrons. The molecule has 0 unspecified atom stereocenters. The molecule has 0 spiro atoms. The molecule has 3 nitrogen and oxygen atoms in total. The number of hydrogen-bond acceptors (Lipinski definition) is 0. The molecule has 4 heteroatoms.